The zero-order valence-corrected chi connectivity index (χ0v) is 15.0. The van der Waals surface area contributed by atoms with E-state index in [4.69, 9.17) is 4.74 Å². The topological polar surface area (TPSA) is 46.6 Å². The lowest BCUT2D eigenvalue weighted by Gasteiger charge is -2.33. The Morgan fingerprint density at radius 2 is 2.16 bits per heavy atom. The second kappa shape index (κ2) is 8.12. The minimum atomic E-state index is -0.503. The van der Waals surface area contributed by atoms with Gasteiger partial charge < -0.3 is 9.64 Å². The van der Waals surface area contributed by atoms with Crippen molar-refractivity contribution in [1.29, 1.82) is 0 Å². The second-order valence-corrected chi connectivity index (χ2v) is 6.89. The number of fused-ring (bicyclic) bond motifs is 1. The van der Waals surface area contributed by atoms with Crippen LogP contribution in [0.1, 0.15) is 35.6 Å². The van der Waals surface area contributed by atoms with E-state index in [1.54, 1.807) is 29.4 Å². The average Bonchev–Trinajstić information content (AvgIpc) is 3.17. The standard InChI is InChI=1S/C20H21NO3S/c1-21(18-8-4-6-16-5-2-3-7-17(16)18)19(22)13-24-20(23)10-9-15-11-12-25-14-15/h2-3,5,7,9-12,14,18H,4,6,8,13H2,1H3/b10-9+/t18-/m1/s1. The monoisotopic (exact) mass is 355 g/mol. The van der Waals surface area contributed by atoms with Crippen molar-refractivity contribution in [1.82, 2.24) is 4.90 Å². The summed E-state index contributed by atoms with van der Waals surface area (Å²) < 4.78 is 5.09. The van der Waals surface area contributed by atoms with Crippen molar-refractivity contribution in [3.8, 4) is 0 Å². The van der Waals surface area contributed by atoms with Crippen LogP contribution >= 0.6 is 11.3 Å². The van der Waals surface area contributed by atoms with Gasteiger partial charge in [-0.3, -0.25) is 4.79 Å². The van der Waals surface area contributed by atoms with E-state index in [0.29, 0.717) is 0 Å². The Bertz CT molecular complexity index is 767. The molecule has 0 bridgehead atoms. The third kappa shape index (κ3) is 4.37. The van der Waals surface area contributed by atoms with Crippen molar-refractivity contribution >= 4 is 29.3 Å². The first kappa shape index (κ1) is 17.4. The van der Waals surface area contributed by atoms with Gasteiger partial charge in [-0.2, -0.15) is 11.3 Å². The number of carbonyl (C=O) groups is 2. The van der Waals surface area contributed by atoms with Gasteiger partial charge in [-0.1, -0.05) is 24.3 Å². The fourth-order valence-corrected chi connectivity index (χ4v) is 3.75. The van der Waals surface area contributed by atoms with Crippen LogP contribution < -0.4 is 0 Å². The molecule has 0 radical (unpaired) electrons. The van der Waals surface area contributed by atoms with Crippen LogP contribution in [0.15, 0.2) is 47.2 Å². The number of ether oxygens (including phenoxy) is 1. The number of aryl methyl sites for hydroxylation is 1. The molecule has 3 rings (SSSR count). The minimum absolute atomic E-state index is 0.0532. The number of rotatable bonds is 5. The normalized spacial score (nSPS) is 16.4. The van der Waals surface area contributed by atoms with Gasteiger partial charge in [0.05, 0.1) is 6.04 Å². The molecule has 0 spiro atoms. The molecule has 0 fully saturated rings. The molecule has 0 N–H and O–H groups in total. The molecule has 25 heavy (non-hydrogen) atoms. The average molecular weight is 355 g/mol. The summed E-state index contributed by atoms with van der Waals surface area (Å²) in [5.41, 5.74) is 3.45. The molecule has 1 aliphatic rings. The third-order valence-electron chi connectivity index (χ3n) is 4.49. The number of nitrogens with zero attached hydrogens (tertiary/aromatic N) is 1. The van der Waals surface area contributed by atoms with Crippen LogP contribution in [0.3, 0.4) is 0 Å². The third-order valence-corrected chi connectivity index (χ3v) is 5.19. The van der Waals surface area contributed by atoms with E-state index in [1.807, 2.05) is 29.0 Å². The fourth-order valence-electron chi connectivity index (χ4n) is 3.12. The summed E-state index contributed by atoms with van der Waals surface area (Å²) in [6.45, 7) is -0.234. The maximum absolute atomic E-state index is 12.4. The van der Waals surface area contributed by atoms with E-state index in [1.165, 1.54) is 17.2 Å². The maximum Gasteiger partial charge on any atom is 0.331 e. The molecule has 0 saturated heterocycles. The molecule has 5 heteroatoms. The Balaban J connectivity index is 1.56. The van der Waals surface area contributed by atoms with Gasteiger partial charge in [0.1, 0.15) is 0 Å². The van der Waals surface area contributed by atoms with Crippen molar-refractivity contribution < 1.29 is 14.3 Å². The van der Waals surface area contributed by atoms with Crippen LogP contribution in [0.2, 0.25) is 0 Å². The minimum Gasteiger partial charge on any atom is -0.452 e. The highest BCUT2D eigenvalue weighted by molar-refractivity contribution is 7.08. The number of amides is 1. The van der Waals surface area contributed by atoms with Gasteiger partial charge in [0.15, 0.2) is 6.61 Å². The molecule has 0 aliphatic heterocycles. The molecule has 0 unspecified atom stereocenters. The highest BCUT2D eigenvalue weighted by atomic mass is 32.1. The van der Waals surface area contributed by atoms with E-state index < -0.39 is 5.97 Å². The molecular weight excluding hydrogens is 334 g/mol. The molecule has 4 nitrogen and oxygen atoms in total. The molecule has 1 atom stereocenters. The molecule has 1 amide bonds. The Hall–Kier alpha value is -2.40. The van der Waals surface area contributed by atoms with Crippen molar-refractivity contribution in [2.45, 2.75) is 25.3 Å². The van der Waals surface area contributed by atoms with Crippen LogP contribution in [0.5, 0.6) is 0 Å². The maximum atomic E-state index is 12.4. The van der Waals surface area contributed by atoms with E-state index in [2.05, 4.69) is 12.1 Å². The number of benzene rings is 1. The summed E-state index contributed by atoms with van der Waals surface area (Å²) in [4.78, 5) is 25.9. The molecule has 130 valence electrons. The van der Waals surface area contributed by atoms with Crippen LogP contribution in [-0.2, 0) is 20.7 Å². The van der Waals surface area contributed by atoms with E-state index in [-0.39, 0.29) is 18.6 Å². The summed E-state index contributed by atoms with van der Waals surface area (Å²) >= 11 is 1.56. The van der Waals surface area contributed by atoms with Crippen LogP contribution in [0.4, 0.5) is 0 Å². The van der Waals surface area contributed by atoms with Crippen molar-refractivity contribution in [2.24, 2.45) is 0 Å². The first-order valence-corrected chi connectivity index (χ1v) is 9.30. The van der Waals surface area contributed by atoms with Gasteiger partial charge in [0.25, 0.3) is 5.91 Å². The highest BCUT2D eigenvalue weighted by Crippen LogP contribution is 2.33. The van der Waals surface area contributed by atoms with E-state index in [9.17, 15) is 9.59 Å². The predicted octanol–water partition coefficient (Wildman–Crippen LogP) is 3.84. The molecule has 1 aliphatic carbocycles. The van der Waals surface area contributed by atoms with Crippen molar-refractivity contribution in [2.75, 3.05) is 13.7 Å². The Kier molecular flexibility index (Phi) is 5.66. The van der Waals surface area contributed by atoms with E-state index in [0.717, 1.165) is 24.8 Å². The first-order chi connectivity index (χ1) is 12.1. The Morgan fingerprint density at radius 1 is 1.32 bits per heavy atom. The predicted molar refractivity (Wildman–Crippen MR) is 99.2 cm³/mol. The summed E-state index contributed by atoms with van der Waals surface area (Å²) in [5.74, 6) is -0.684. The lowest BCUT2D eigenvalue weighted by molar-refractivity contribution is -0.148. The molecule has 1 aromatic heterocycles. The molecule has 1 aromatic carbocycles. The van der Waals surface area contributed by atoms with Gasteiger partial charge >= 0.3 is 5.97 Å². The van der Waals surface area contributed by atoms with Crippen LogP contribution in [0.25, 0.3) is 6.08 Å². The number of likely N-dealkylation sites (N-methyl/N-ethyl adjacent to an activating group) is 1. The second-order valence-electron chi connectivity index (χ2n) is 6.11. The molecule has 1 heterocycles. The van der Waals surface area contributed by atoms with Gasteiger partial charge in [0.2, 0.25) is 0 Å². The van der Waals surface area contributed by atoms with E-state index >= 15 is 0 Å². The molecule has 0 saturated carbocycles. The number of hydrogen-bond donors (Lipinski definition) is 0. The Labute approximate surface area is 151 Å². The first-order valence-electron chi connectivity index (χ1n) is 8.35. The summed E-state index contributed by atoms with van der Waals surface area (Å²) in [5, 5.41) is 3.87. The van der Waals surface area contributed by atoms with Crippen LogP contribution in [0, 0.1) is 0 Å². The van der Waals surface area contributed by atoms with Crippen molar-refractivity contribution in [3.63, 3.8) is 0 Å². The quantitative estimate of drug-likeness (QED) is 0.605. The van der Waals surface area contributed by atoms with Gasteiger partial charge in [0, 0.05) is 13.1 Å². The lowest BCUT2D eigenvalue weighted by Crippen LogP contribution is -2.36. The summed E-state index contributed by atoms with van der Waals surface area (Å²) in [7, 11) is 1.78. The zero-order chi connectivity index (χ0) is 17.6. The summed E-state index contributed by atoms with van der Waals surface area (Å²) in [6.07, 6.45) is 6.08. The lowest BCUT2D eigenvalue weighted by atomic mass is 9.87. The van der Waals surface area contributed by atoms with Gasteiger partial charge in [-0.05, 0) is 58.9 Å². The SMILES string of the molecule is CN(C(=O)COC(=O)/C=C/c1ccsc1)[C@@H]1CCCc2ccccc21. The zero-order valence-electron chi connectivity index (χ0n) is 14.2. The number of thiophene rings is 1. The highest BCUT2D eigenvalue weighted by Gasteiger charge is 2.26. The van der Waals surface area contributed by atoms with Crippen molar-refractivity contribution in [3.05, 3.63) is 63.9 Å². The number of carbonyl (C=O) groups excluding carboxylic acids is 2. The number of esters is 1. The smallest absolute Gasteiger partial charge is 0.331 e. The molecule has 2 aromatic rings. The van der Waals surface area contributed by atoms with Gasteiger partial charge in [-0.25, -0.2) is 4.79 Å². The Morgan fingerprint density at radius 3 is 2.96 bits per heavy atom. The van der Waals surface area contributed by atoms with Crippen LogP contribution in [-0.4, -0.2) is 30.4 Å². The fraction of sp³-hybridized carbons (Fsp3) is 0.300. The van der Waals surface area contributed by atoms with Gasteiger partial charge in [-0.15, -0.1) is 0 Å². The summed E-state index contributed by atoms with van der Waals surface area (Å²) in [6, 6.07) is 10.2. The largest absolute Gasteiger partial charge is 0.452 e. The molecular formula is C20H21NO3S. The number of hydrogen-bond acceptors (Lipinski definition) is 4.